The average molecular weight is 206 g/mol. The van der Waals surface area contributed by atoms with Gasteiger partial charge in [-0.15, -0.1) is 0 Å². The minimum Gasteiger partial charge on any atom is -0.465 e. The summed E-state index contributed by atoms with van der Waals surface area (Å²) in [5.74, 6) is 0.486. The van der Waals surface area contributed by atoms with E-state index in [2.05, 4.69) is 6.92 Å². The van der Waals surface area contributed by atoms with Crippen LogP contribution in [-0.4, -0.2) is 5.97 Å². The molecule has 1 aliphatic rings. The molecule has 0 saturated heterocycles. The van der Waals surface area contributed by atoms with Gasteiger partial charge in [-0.2, -0.15) is 0 Å². The molecule has 1 unspecified atom stereocenters. The zero-order valence-corrected chi connectivity index (χ0v) is 8.73. The van der Waals surface area contributed by atoms with E-state index in [1.807, 2.05) is 12.1 Å². The van der Waals surface area contributed by atoms with Gasteiger partial charge in [0.2, 0.25) is 0 Å². The fourth-order valence-electron chi connectivity index (χ4n) is 1.62. The molecule has 3 nitrogen and oxygen atoms in total. The van der Waals surface area contributed by atoms with E-state index in [0.29, 0.717) is 5.76 Å². The molecule has 0 bridgehead atoms. The van der Waals surface area contributed by atoms with Gasteiger partial charge in [0, 0.05) is 5.57 Å². The smallest absolute Gasteiger partial charge is 0.334 e. The van der Waals surface area contributed by atoms with Crippen LogP contribution in [0.15, 0.2) is 34.5 Å². The summed E-state index contributed by atoms with van der Waals surface area (Å²) in [6, 6.07) is 3.61. The van der Waals surface area contributed by atoms with E-state index in [1.54, 1.807) is 12.3 Å². The van der Waals surface area contributed by atoms with Crippen LogP contribution < -0.4 is 0 Å². The van der Waals surface area contributed by atoms with E-state index in [1.165, 1.54) is 0 Å². The number of rotatable bonds is 4. The number of carbonyl (C=O) groups is 1. The third kappa shape index (κ3) is 2.12. The zero-order valence-electron chi connectivity index (χ0n) is 8.73. The van der Waals surface area contributed by atoms with Gasteiger partial charge in [0.1, 0.15) is 5.76 Å². The van der Waals surface area contributed by atoms with Crippen molar-refractivity contribution < 1.29 is 13.9 Å². The SMILES string of the molecule is CCCCC1=CC(c2ccco2)OC1=O. The predicted molar refractivity (Wildman–Crippen MR) is 55.1 cm³/mol. The molecule has 0 spiro atoms. The Bertz CT molecular complexity index is 362. The Kier molecular flexibility index (Phi) is 2.90. The molecule has 1 aromatic rings. The topological polar surface area (TPSA) is 39.4 Å². The molecular formula is C12H14O3. The summed E-state index contributed by atoms with van der Waals surface area (Å²) in [7, 11) is 0. The first-order valence-electron chi connectivity index (χ1n) is 5.26. The lowest BCUT2D eigenvalue weighted by molar-refractivity contribution is -0.140. The van der Waals surface area contributed by atoms with Crippen molar-refractivity contribution in [2.24, 2.45) is 0 Å². The Labute approximate surface area is 88.7 Å². The van der Waals surface area contributed by atoms with Gasteiger partial charge in [-0.3, -0.25) is 0 Å². The Hall–Kier alpha value is -1.51. The second-order valence-corrected chi connectivity index (χ2v) is 3.64. The van der Waals surface area contributed by atoms with E-state index in [9.17, 15) is 4.79 Å². The molecular weight excluding hydrogens is 192 g/mol. The van der Waals surface area contributed by atoms with Crippen molar-refractivity contribution in [1.29, 1.82) is 0 Å². The summed E-state index contributed by atoms with van der Waals surface area (Å²) in [5.41, 5.74) is 0.776. The number of ether oxygens (including phenoxy) is 1. The van der Waals surface area contributed by atoms with Crippen molar-refractivity contribution in [1.82, 2.24) is 0 Å². The summed E-state index contributed by atoms with van der Waals surface area (Å²) in [4.78, 5) is 11.5. The molecule has 0 N–H and O–H groups in total. The van der Waals surface area contributed by atoms with Crippen LogP contribution in [0.5, 0.6) is 0 Å². The molecule has 80 valence electrons. The van der Waals surface area contributed by atoms with E-state index >= 15 is 0 Å². The number of carbonyl (C=O) groups excluding carboxylic acids is 1. The lowest BCUT2D eigenvalue weighted by atomic mass is 10.1. The lowest BCUT2D eigenvalue weighted by Gasteiger charge is -2.03. The highest BCUT2D eigenvalue weighted by Gasteiger charge is 2.27. The van der Waals surface area contributed by atoms with Crippen molar-refractivity contribution in [2.75, 3.05) is 0 Å². The van der Waals surface area contributed by atoms with Crippen molar-refractivity contribution in [3.8, 4) is 0 Å². The second kappa shape index (κ2) is 4.34. The van der Waals surface area contributed by atoms with Crippen molar-refractivity contribution in [3.05, 3.63) is 35.8 Å². The number of hydrogen-bond acceptors (Lipinski definition) is 3. The molecule has 0 aromatic carbocycles. The number of cyclic esters (lactones) is 1. The third-order valence-electron chi connectivity index (χ3n) is 2.47. The molecule has 0 saturated carbocycles. The Morgan fingerprint density at radius 3 is 3.00 bits per heavy atom. The van der Waals surface area contributed by atoms with Crippen LogP contribution in [-0.2, 0) is 9.53 Å². The summed E-state index contributed by atoms with van der Waals surface area (Å²) >= 11 is 0. The van der Waals surface area contributed by atoms with Crippen LogP contribution in [0, 0.1) is 0 Å². The van der Waals surface area contributed by atoms with Crippen LogP contribution in [0.25, 0.3) is 0 Å². The van der Waals surface area contributed by atoms with Gasteiger partial charge in [-0.25, -0.2) is 4.79 Å². The largest absolute Gasteiger partial charge is 0.465 e. The average Bonchev–Trinajstić information content (AvgIpc) is 2.83. The third-order valence-corrected chi connectivity index (χ3v) is 2.47. The fraction of sp³-hybridized carbons (Fsp3) is 0.417. The maximum atomic E-state index is 11.5. The maximum absolute atomic E-state index is 11.5. The van der Waals surface area contributed by atoms with Crippen LogP contribution >= 0.6 is 0 Å². The normalized spacial score (nSPS) is 20.2. The molecule has 3 heteroatoms. The minimum absolute atomic E-state index is 0.204. The van der Waals surface area contributed by atoms with E-state index in [4.69, 9.17) is 9.15 Å². The van der Waals surface area contributed by atoms with Gasteiger partial charge in [-0.1, -0.05) is 13.3 Å². The van der Waals surface area contributed by atoms with Crippen LogP contribution in [0.1, 0.15) is 38.1 Å². The summed E-state index contributed by atoms with van der Waals surface area (Å²) in [5, 5.41) is 0. The molecule has 0 radical (unpaired) electrons. The Morgan fingerprint density at radius 2 is 2.33 bits per heavy atom. The van der Waals surface area contributed by atoms with E-state index in [0.717, 1.165) is 24.8 Å². The second-order valence-electron chi connectivity index (χ2n) is 3.64. The highest BCUT2D eigenvalue weighted by atomic mass is 16.6. The standard InChI is InChI=1S/C12H14O3/c1-2-3-5-9-8-11(15-12(9)13)10-6-4-7-14-10/h4,6-8,11H,2-3,5H2,1H3. The van der Waals surface area contributed by atoms with Crippen molar-refractivity contribution in [3.63, 3.8) is 0 Å². The predicted octanol–water partition coefficient (Wildman–Crippen LogP) is 2.99. The van der Waals surface area contributed by atoms with Gasteiger partial charge >= 0.3 is 5.97 Å². The first kappa shape index (κ1) is 10.0. The van der Waals surface area contributed by atoms with E-state index in [-0.39, 0.29) is 12.1 Å². The molecule has 1 atom stereocenters. The molecule has 2 rings (SSSR count). The van der Waals surface area contributed by atoms with Gasteiger partial charge in [0.25, 0.3) is 0 Å². The fourth-order valence-corrected chi connectivity index (χ4v) is 1.62. The zero-order chi connectivity index (χ0) is 10.7. The van der Waals surface area contributed by atoms with Gasteiger partial charge < -0.3 is 9.15 Å². The minimum atomic E-state index is -0.320. The Morgan fingerprint density at radius 1 is 1.47 bits per heavy atom. The van der Waals surface area contributed by atoms with Gasteiger partial charge in [-0.05, 0) is 31.1 Å². The molecule has 2 heterocycles. The van der Waals surface area contributed by atoms with Gasteiger partial charge in [0.15, 0.2) is 6.10 Å². The highest BCUT2D eigenvalue weighted by molar-refractivity contribution is 5.90. The maximum Gasteiger partial charge on any atom is 0.334 e. The van der Waals surface area contributed by atoms with Crippen LogP contribution in [0.3, 0.4) is 0 Å². The molecule has 0 aliphatic carbocycles. The highest BCUT2D eigenvalue weighted by Crippen LogP contribution is 2.29. The van der Waals surface area contributed by atoms with E-state index < -0.39 is 0 Å². The van der Waals surface area contributed by atoms with Crippen molar-refractivity contribution >= 4 is 5.97 Å². The summed E-state index contributed by atoms with van der Waals surface area (Å²) < 4.78 is 10.4. The van der Waals surface area contributed by atoms with Crippen LogP contribution in [0.2, 0.25) is 0 Å². The quantitative estimate of drug-likeness (QED) is 0.711. The number of esters is 1. The monoisotopic (exact) mass is 206 g/mol. The summed E-state index contributed by atoms with van der Waals surface area (Å²) in [6.45, 7) is 2.10. The first-order valence-corrected chi connectivity index (χ1v) is 5.26. The molecule has 0 fully saturated rings. The number of hydrogen-bond donors (Lipinski definition) is 0. The van der Waals surface area contributed by atoms with Crippen molar-refractivity contribution in [2.45, 2.75) is 32.3 Å². The molecule has 1 aliphatic heterocycles. The first-order chi connectivity index (χ1) is 7.31. The lowest BCUT2D eigenvalue weighted by Crippen LogP contribution is -2.01. The molecule has 15 heavy (non-hydrogen) atoms. The molecule has 0 amide bonds. The number of unbranched alkanes of at least 4 members (excludes halogenated alkanes) is 1. The Balaban J connectivity index is 2.06. The van der Waals surface area contributed by atoms with Gasteiger partial charge in [0.05, 0.1) is 6.26 Å². The summed E-state index contributed by atoms with van der Waals surface area (Å²) in [6.07, 6.45) is 6.02. The molecule has 1 aromatic heterocycles. The number of furan rings is 1. The van der Waals surface area contributed by atoms with Crippen LogP contribution in [0.4, 0.5) is 0 Å².